The van der Waals surface area contributed by atoms with E-state index in [0.717, 1.165) is 42.6 Å². The molecule has 1 aromatic carbocycles. The van der Waals surface area contributed by atoms with Crippen LogP contribution in [0.3, 0.4) is 0 Å². The summed E-state index contributed by atoms with van der Waals surface area (Å²) in [6, 6.07) is 7.97. The summed E-state index contributed by atoms with van der Waals surface area (Å²) in [7, 11) is 3.03. The number of thioether (sulfide) groups is 1. The zero-order valence-electron chi connectivity index (χ0n) is 21.9. The second-order valence-corrected chi connectivity index (χ2v) is 10.7. The number of amides is 1. The normalized spacial score (nSPS) is 22.6. The van der Waals surface area contributed by atoms with Crippen molar-refractivity contribution in [2.45, 2.75) is 57.5 Å². The maximum atomic E-state index is 13.5. The van der Waals surface area contributed by atoms with Crippen LogP contribution in [0.2, 0.25) is 0 Å². The number of hydrogen-bond donors (Lipinski definition) is 0. The highest BCUT2D eigenvalue weighted by molar-refractivity contribution is 8.16. The molecular formula is C28H36N4O4S. The summed E-state index contributed by atoms with van der Waals surface area (Å²) < 4.78 is 10.7. The van der Waals surface area contributed by atoms with Crippen molar-refractivity contribution >= 4 is 28.8 Å². The molecule has 37 heavy (non-hydrogen) atoms. The van der Waals surface area contributed by atoms with E-state index in [1.54, 1.807) is 7.11 Å². The van der Waals surface area contributed by atoms with E-state index < -0.39 is 12.0 Å². The van der Waals surface area contributed by atoms with Gasteiger partial charge >= 0.3 is 5.97 Å². The van der Waals surface area contributed by atoms with Crippen LogP contribution in [-0.2, 0) is 14.3 Å². The molecule has 1 amide bonds. The molecule has 0 bridgehead atoms. The number of ether oxygens (including phenoxy) is 2. The van der Waals surface area contributed by atoms with Crippen molar-refractivity contribution in [2.24, 2.45) is 4.99 Å². The van der Waals surface area contributed by atoms with Crippen LogP contribution in [0.5, 0.6) is 5.75 Å². The Hall–Kier alpha value is -2.78. The SMILES string of the molecule is CCC1=C(C(=O)OC)[C@@H](c2cccc(OC)c2)N2C(CC(=O)N3CCN(C4CCCC4)CC3)=CSC2=N1. The van der Waals surface area contributed by atoms with Crippen molar-refractivity contribution < 1.29 is 19.1 Å². The van der Waals surface area contributed by atoms with Gasteiger partial charge in [-0.15, -0.1) is 0 Å². The molecule has 198 valence electrons. The first-order valence-corrected chi connectivity index (χ1v) is 14.1. The van der Waals surface area contributed by atoms with E-state index in [0.29, 0.717) is 29.5 Å². The van der Waals surface area contributed by atoms with Gasteiger partial charge in [-0.1, -0.05) is 43.7 Å². The quantitative estimate of drug-likeness (QED) is 0.492. The molecule has 1 aromatic rings. The summed E-state index contributed by atoms with van der Waals surface area (Å²) in [6.45, 7) is 5.42. The van der Waals surface area contributed by atoms with Gasteiger partial charge in [0.1, 0.15) is 5.75 Å². The number of methoxy groups -OCH3 is 2. The lowest BCUT2D eigenvalue weighted by Gasteiger charge is -2.39. The van der Waals surface area contributed by atoms with Gasteiger partial charge in [-0.05, 0) is 42.4 Å². The maximum Gasteiger partial charge on any atom is 0.338 e. The molecule has 1 aliphatic carbocycles. The van der Waals surface area contributed by atoms with Gasteiger partial charge in [0.05, 0.1) is 38.0 Å². The van der Waals surface area contributed by atoms with Crippen LogP contribution in [0.4, 0.5) is 0 Å². The molecule has 4 aliphatic rings. The van der Waals surface area contributed by atoms with Crippen molar-refractivity contribution in [1.82, 2.24) is 14.7 Å². The van der Waals surface area contributed by atoms with E-state index in [-0.39, 0.29) is 12.3 Å². The summed E-state index contributed by atoms with van der Waals surface area (Å²) in [5, 5.41) is 2.79. The number of hydrogen-bond acceptors (Lipinski definition) is 8. The molecule has 3 heterocycles. The third-order valence-corrected chi connectivity index (χ3v) is 8.77. The van der Waals surface area contributed by atoms with Gasteiger partial charge in [-0.3, -0.25) is 9.69 Å². The number of esters is 1. The summed E-state index contributed by atoms with van der Waals surface area (Å²) in [5.74, 6) is 0.420. The number of carbonyl (C=O) groups excluding carboxylic acids is 2. The van der Waals surface area contributed by atoms with Crippen molar-refractivity contribution in [1.29, 1.82) is 0 Å². The average molecular weight is 525 g/mol. The predicted octanol–water partition coefficient (Wildman–Crippen LogP) is 4.31. The Morgan fingerprint density at radius 2 is 1.86 bits per heavy atom. The first kappa shape index (κ1) is 25.9. The first-order chi connectivity index (χ1) is 18.0. The highest BCUT2D eigenvalue weighted by atomic mass is 32.2. The van der Waals surface area contributed by atoms with Gasteiger partial charge in [0.25, 0.3) is 0 Å². The Morgan fingerprint density at radius 1 is 1.11 bits per heavy atom. The van der Waals surface area contributed by atoms with E-state index in [2.05, 4.69) is 4.90 Å². The van der Waals surface area contributed by atoms with E-state index in [4.69, 9.17) is 14.5 Å². The fraction of sp³-hybridized carbons (Fsp3) is 0.536. The standard InChI is InChI=1S/C28H36N4O4S/c1-4-23-25(27(34)36-3)26(19-8-7-11-22(16-19)35-2)32-21(18-37-28(32)29-23)17-24(33)31-14-12-30(13-15-31)20-9-5-6-10-20/h7-8,11,16,18,20,26H,4-6,9-10,12-15,17H2,1-3H3/t26-/m1/s1. The van der Waals surface area contributed by atoms with Crippen LogP contribution in [0.25, 0.3) is 0 Å². The fourth-order valence-electron chi connectivity index (χ4n) is 5.91. The maximum absolute atomic E-state index is 13.5. The molecule has 9 heteroatoms. The number of nitrogens with zero attached hydrogens (tertiary/aromatic N) is 4. The number of benzene rings is 1. The van der Waals surface area contributed by atoms with Crippen LogP contribution in [0.15, 0.2) is 51.6 Å². The largest absolute Gasteiger partial charge is 0.497 e. The molecule has 2 fully saturated rings. The molecule has 0 N–H and O–H groups in total. The summed E-state index contributed by atoms with van der Waals surface area (Å²) in [4.78, 5) is 37.9. The second-order valence-electron chi connectivity index (χ2n) is 9.91. The van der Waals surface area contributed by atoms with E-state index in [1.807, 2.05) is 46.4 Å². The Labute approximate surface area is 223 Å². The van der Waals surface area contributed by atoms with Crippen molar-refractivity contribution in [3.63, 3.8) is 0 Å². The lowest BCUT2D eigenvalue weighted by atomic mass is 9.92. The molecule has 0 spiro atoms. The minimum absolute atomic E-state index is 0.119. The molecule has 5 rings (SSSR count). The van der Waals surface area contributed by atoms with Crippen LogP contribution in [0, 0.1) is 0 Å². The van der Waals surface area contributed by atoms with Gasteiger partial charge in [-0.25, -0.2) is 9.79 Å². The third kappa shape index (κ3) is 5.16. The summed E-state index contributed by atoms with van der Waals surface area (Å²) >= 11 is 1.51. The molecule has 1 saturated heterocycles. The predicted molar refractivity (Wildman–Crippen MR) is 145 cm³/mol. The average Bonchev–Trinajstić information content (AvgIpc) is 3.62. The Balaban J connectivity index is 1.38. The summed E-state index contributed by atoms with van der Waals surface area (Å²) in [6.07, 6.45) is 6.10. The minimum Gasteiger partial charge on any atom is -0.497 e. The van der Waals surface area contributed by atoms with E-state index in [1.165, 1.54) is 44.6 Å². The minimum atomic E-state index is -0.446. The Morgan fingerprint density at radius 3 is 2.54 bits per heavy atom. The second kappa shape index (κ2) is 11.3. The smallest absolute Gasteiger partial charge is 0.338 e. The van der Waals surface area contributed by atoms with Crippen molar-refractivity contribution in [3.05, 3.63) is 52.2 Å². The number of amidine groups is 1. The van der Waals surface area contributed by atoms with Crippen LogP contribution >= 0.6 is 11.8 Å². The lowest BCUT2D eigenvalue weighted by Crippen LogP contribution is -2.51. The van der Waals surface area contributed by atoms with Crippen LogP contribution < -0.4 is 4.74 Å². The van der Waals surface area contributed by atoms with Crippen molar-refractivity contribution in [3.8, 4) is 5.75 Å². The molecule has 3 aliphatic heterocycles. The lowest BCUT2D eigenvalue weighted by molar-refractivity contribution is -0.136. The van der Waals surface area contributed by atoms with Gasteiger partial charge in [0, 0.05) is 37.9 Å². The van der Waals surface area contributed by atoms with Crippen LogP contribution in [-0.4, -0.2) is 78.2 Å². The Kier molecular flexibility index (Phi) is 7.90. The monoisotopic (exact) mass is 524 g/mol. The highest BCUT2D eigenvalue weighted by Crippen LogP contribution is 2.46. The van der Waals surface area contributed by atoms with E-state index >= 15 is 0 Å². The van der Waals surface area contributed by atoms with Gasteiger partial charge in [-0.2, -0.15) is 0 Å². The topological polar surface area (TPSA) is 74.7 Å². The number of aliphatic imine (C=N–C) groups is 1. The fourth-order valence-corrected chi connectivity index (χ4v) is 6.85. The molecular weight excluding hydrogens is 488 g/mol. The van der Waals surface area contributed by atoms with Crippen LogP contribution in [0.1, 0.15) is 57.1 Å². The Bertz CT molecular complexity index is 1130. The zero-order valence-corrected chi connectivity index (χ0v) is 22.8. The van der Waals surface area contributed by atoms with Gasteiger partial charge in [0.2, 0.25) is 5.91 Å². The molecule has 0 aromatic heterocycles. The number of fused-ring (bicyclic) bond motifs is 1. The number of piperazine rings is 1. The first-order valence-electron chi connectivity index (χ1n) is 13.2. The zero-order chi connectivity index (χ0) is 25.9. The highest BCUT2D eigenvalue weighted by Gasteiger charge is 2.42. The number of carbonyl (C=O) groups is 2. The molecule has 0 unspecified atom stereocenters. The number of allylic oxidation sites excluding steroid dienone is 1. The van der Waals surface area contributed by atoms with Crippen molar-refractivity contribution in [2.75, 3.05) is 40.4 Å². The summed E-state index contributed by atoms with van der Waals surface area (Å²) in [5.41, 5.74) is 2.97. The molecule has 8 nitrogen and oxygen atoms in total. The molecule has 0 radical (unpaired) electrons. The molecule has 1 saturated carbocycles. The number of rotatable bonds is 7. The van der Waals surface area contributed by atoms with E-state index in [9.17, 15) is 9.59 Å². The molecule has 1 atom stereocenters. The third-order valence-electron chi connectivity index (χ3n) is 7.88. The van der Waals surface area contributed by atoms with Gasteiger partial charge in [0.15, 0.2) is 5.17 Å². The van der Waals surface area contributed by atoms with Gasteiger partial charge < -0.3 is 19.3 Å².